The number of fused-ring (bicyclic) bond motifs is 1. The summed E-state index contributed by atoms with van der Waals surface area (Å²) in [6.45, 7) is 5.41. The van der Waals surface area contributed by atoms with E-state index in [4.69, 9.17) is 0 Å². The number of nitrogens with one attached hydrogen (secondary N) is 1. The van der Waals surface area contributed by atoms with Gasteiger partial charge < -0.3 is 15.1 Å². The number of likely N-dealkylation sites (N-methyl/N-ethyl adjacent to an activating group) is 2. The Kier molecular flexibility index (Phi) is 6.62. The first kappa shape index (κ1) is 24.1. The zero-order valence-corrected chi connectivity index (χ0v) is 19.6. The highest BCUT2D eigenvalue weighted by molar-refractivity contribution is 5.94. The second-order valence-corrected chi connectivity index (χ2v) is 8.96. The topological polar surface area (TPSA) is 57.2 Å². The molecule has 4 rings (SSSR count). The largest absolute Gasteiger partial charge is 0.419 e. The molecule has 6 nitrogen and oxygen atoms in total. The Hall–Kier alpha value is -3.01. The molecule has 3 aromatic rings. The van der Waals surface area contributed by atoms with Gasteiger partial charge in [0, 0.05) is 42.2 Å². The Morgan fingerprint density at radius 2 is 1.97 bits per heavy atom. The summed E-state index contributed by atoms with van der Waals surface area (Å²) in [6.07, 6.45) is -0.866. The molecule has 0 aliphatic carbocycles. The summed E-state index contributed by atoms with van der Waals surface area (Å²) in [4.78, 5) is 9.06. The minimum absolute atomic E-state index is 0.0954. The third-order valence-corrected chi connectivity index (χ3v) is 6.50. The third-order valence-electron chi connectivity index (χ3n) is 6.50. The molecule has 1 N–H and O–H groups in total. The highest BCUT2D eigenvalue weighted by Crippen LogP contribution is 2.35. The summed E-state index contributed by atoms with van der Waals surface area (Å²) in [5.74, 6) is -0.160. The molecule has 1 aliphatic rings. The van der Waals surface area contributed by atoms with Crippen molar-refractivity contribution in [2.45, 2.75) is 44.9 Å². The van der Waals surface area contributed by atoms with Gasteiger partial charge in [-0.3, -0.25) is 0 Å². The molecule has 0 amide bonds. The van der Waals surface area contributed by atoms with Gasteiger partial charge in [-0.2, -0.15) is 18.3 Å². The molecule has 0 saturated carbocycles. The summed E-state index contributed by atoms with van der Waals surface area (Å²) in [6, 6.07) is 4.73. The van der Waals surface area contributed by atoms with Gasteiger partial charge in [-0.05, 0) is 52.4 Å². The number of aryl methyl sites for hydroxylation is 1. The molecular formula is C24H28F4N6. The Morgan fingerprint density at radius 1 is 1.21 bits per heavy atom. The smallest absolute Gasteiger partial charge is 0.361 e. The van der Waals surface area contributed by atoms with Crippen molar-refractivity contribution in [2.24, 2.45) is 0 Å². The molecule has 1 fully saturated rings. The average molecular weight is 477 g/mol. The molecule has 1 saturated heterocycles. The van der Waals surface area contributed by atoms with E-state index in [1.807, 2.05) is 20.0 Å². The average Bonchev–Trinajstić information content (AvgIpc) is 2.79. The van der Waals surface area contributed by atoms with Gasteiger partial charge >= 0.3 is 6.18 Å². The number of aromatic nitrogens is 3. The standard InChI is InChI=1S/C24H28F4N6/c1-14(17-8-5-9-20(22(17)25)24(26,27)28)30-23-18-11-21(29-12-19(18)15(2)31-32-23)34(4)16-7-6-10-33(3)13-16/h5,8-9,11-12,14,16H,6-7,10,13H2,1-4H3,(H,30,32)/t14-,16+/m1/s1. The van der Waals surface area contributed by atoms with E-state index < -0.39 is 23.6 Å². The summed E-state index contributed by atoms with van der Waals surface area (Å²) in [7, 11) is 4.11. The van der Waals surface area contributed by atoms with Crippen LogP contribution in [0.4, 0.5) is 29.2 Å². The first-order valence-corrected chi connectivity index (χ1v) is 11.2. The van der Waals surface area contributed by atoms with Crippen molar-refractivity contribution in [3.8, 4) is 0 Å². The minimum atomic E-state index is -4.77. The third kappa shape index (κ3) is 4.77. The molecule has 2 atom stereocenters. The maximum Gasteiger partial charge on any atom is 0.419 e. The zero-order chi connectivity index (χ0) is 24.6. The number of anilines is 2. The van der Waals surface area contributed by atoms with Crippen LogP contribution in [0, 0.1) is 12.7 Å². The van der Waals surface area contributed by atoms with Crippen molar-refractivity contribution < 1.29 is 17.6 Å². The van der Waals surface area contributed by atoms with Gasteiger partial charge in [0.1, 0.15) is 11.6 Å². The predicted molar refractivity (Wildman–Crippen MR) is 124 cm³/mol. The Morgan fingerprint density at radius 3 is 2.68 bits per heavy atom. The maximum atomic E-state index is 14.7. The van der Waals surface area contributed by atoms with Crippen molar-refractivity contribution in [1.82, 2.24) is 20.1 Å². The van der Waals surface area contributed by atoms with Crippen LogP contribution in [-0.2, 0) is 6.18 Å². The highest BCUT2D eigenvalue weighted by atomic mass is 19.4. The van der Waals surface area contributed by atoms with Crippen LogP contribution in [-0.4, -0.2) is 53.3 Å². The monoisotopic (exact) mass is 476 g/mol. The van der Waals surface area contributed by atoms with E-state index >= 15 is 0 Å². The van der Waals surface area contributed by atoms with E-state index in [1.165, 1.54) is 12.1 Å². The molecule has 1 aromatic carbocycles. The molecule has 2 aromatic heterocycles. The van der Waals surface area contributed by atoms with Crippen LogP contribution in [0.25, 0.3) is 10.8 Å². The number of alkyl halides is 3. The van der Waals surface area contributed by atoms with Gasteiger partial charge in [-0.25, -0.2) is 9.37 Å². The minimum Gasteiger partial charge on any atom is -0.361 e. The van der Waals surface area contributed by atoms with Crippen molar-refractivity contribution in [1.29, 1.82) is 0 Å². The van der Waals surface area contributed by atoms with E-state index in [2.05, 4.69) is 37.3 Å². The number of piperidine rings is 1. The molecule has 3 heterocycles. The lowest BCUT2D eigenvalue weighted by Crippen LogP contribution is -2.45. The highest BCUT2D eigenvalue weighted by Gasteiger charge is 2.35. The number of halogens is 4. The molecule has 0 radical (unpaired) electrons. The lowest BCUT2D eigenvalue weighted by Gasteiger charge is -2.36. The van der Waals surface area contributed by atoms with E-state index in [0.717, 1.165) is 48.6 Å². The predicted octanol–water partition coefficient (Wildman–Crippen LogP) is 5.19. The first-order chi connectivity index (χ1) is 16.1. The zero-order valence-electron chi connectivity index (χ0n) is 19.6. The number of benzene rings is 1. The fourth-order valence-corrected chi connectivity index (χ4v) is 4.49. The molecule has 10 heteroatoms. The summed E-state index contributed by atoms with van der Waals surface area (Å²) >= 11 is 0. The number of pyridine rings is 1. The number of hydrogen-bond acceptors (Lipinski definition) is 6. The number of nitrogens with zero attached hydrogens (tertiary/aromatic N) is 5. The van der Waals surface area contributed by atoms with Crippen LogP contribution in [0.3, 0.4) is 0 Å². The lowest BCUT2D eigenvalue weighted by molar-refractivity contribution is -0.140. The van der Waals surface area contributed by atoms with Crippen LogP contribution < -0.4 is 10.2 Å². The van der Waals surface area contributed by atoms with Gasteiger partial charge in [0.15, 0.2) is 5.82 Å². The second-order valence-electron chi connectivity index (χ2n) is 8.96. The van der Waals surface area contributed by atoms with Crippen molar-refractivity contribution in [3.63, 3.8) is 0 Å². The fraction of sp³-hybridized carbons (Fsp3) is 0.458. The fourth-order valence-electron chi connectivity index (χ4n) is 4.49. The summed E-state index contributed by atoms with van der Waals surface area (Å²) in [5.41, 5.74) is -0.705. The van der Waals surface area contributed by atoms with Gasteiger partial charge in [-0.15, -0.1) is 5.10 Å². The van der Waals surface area contributed by atoms with Crippen LogP contribution in [0.5, 0.6) is 0 Å². The molecule has 34 heavy (non-hydrogen) atoms. The second kappa shape index (κ2) is 9.32. The van der Waals surface area contributed by atoms with Crippen LogP contribution in [0.2, 0.25) is 0 Å². The van der Waals surface area contributed by atoms with Crippen molar-refractivity contribution in [3.05, 3.63) is 53.1 Å². The molecule has 0 spiro atoms. The first-order valence-electron chi connectivity index (χ1n) is 11.2. The van der Waals surface area contributed by atoms with Gasteiger partial charge in [-0.1, -0.05) is 12.1 Å². The van der Waals surface area contributed by atoms with Crippen LogP contribution in [0.1, 0.15) is 42.6 Å². The van der Waals surface area contributed by atoms with Gasteiger partial charge in [0.2, 0.25) is 0 Å². The molecule has 182 valence electrons. The Bertz CT molecular complexity index is 1180. The quantitative estimate of drug-likeness (QED) is 0.512. The van der Waals surface area contributed by atoms with Crippen LogP contribution >= 0.6 is 0 Å². The lowest BCUT2D eigenvalue weighted by atomic mass is 10.0. The molecule has 0 bridgehead atoms. The van der Waals surface area contributed by atoms with E-state index in [0.29, 0.717) is 17.6 Å². The number of hydrogen-bond donors (Lipinski definition) is 1. The van der Waals surface area contributed by atoms with Crippen molar-refractivity contribution in [2.75, 3.05) is 37.4 Å². The summed E-state index contributed by atoms with van der Waals surface area (Å²) < 4.78 is 54.2. The molecule has 0 unspecified atom stereocenters. The van der Waals surface area contributed by atoms with E-state index in [9.17, 15) is 17.6 Å². The number of likely N-dealkylation sites (tertiary alicyclic amines) is 1. The SMILES string of the molecule is Cc1nnc(N[C@H](C)c2cccc(C(F)(F)F)c2F)c2cc(N(C)[C@H]3CCCN(C)C3)ncc12. The van der Waals surface area contributed by atoms with E-state index in [1.54, 1.807) is 13.1 Å². The maximum absolute atomic E-state index is 14.7. The van der Waals surface area contributed by atoms with E-state index in [-0.39, 0.29) is 5.56 Å². The molecule has 1 aliphatic heterocycles. The molecular weight excluding hydrogens is 448 g/mol. The van der Waals surface area contributed by atoms with Gasteiger partial charge in [0.25, 0.3) is 0 Å². The van der Waals surface area contributed by atoms with Crippen molar-refractivity contribution >= 4 is 22.4 Å². The normalized spacial score (nSPS) is 18.2. The Labute approximate surface area is 196 Å². The number of rotatable bonds is 5. The van der Waals surface area contributed by atoms with Gasteiger partial charge in [0.05, 0.1) is 17.3 Å². The summed E-state index contributed by atoms with van der Waals surface area (Å²) in [5, 5.41) is 13.0. The van der Waals surface area contributed by atoms with Crippen LogP contribution in [0.15, 0.2) is 30.5 Å². The Balaban J connectivity index is 1.68.